The van der Waals surface area contributed by atoms with Gasteiger partial charge in [-0.25, -0.2) is 0 Å². The Kier molecular flexibility index (Phi) is 4.53. The highest BCUT2D eigenvalue weighted by molar-refractivity contribution is 6.30. The fourth-order valence-corrected chi connectivity index (χ4v) is 1.58. The maximum atomic E-state index is 11.7. The molecule has 0 radical (unpaired) electrons. The Morgan fingerprint density at radius 1 is 1.47 bits per heavy atom. The third-order valence-corrected chi connectivity index (χ3v) is 2.70. The van der Waals surface area contributed by atoms with E-state index in [0.717, 1.165) is 5.56 Å². The smallest absolute Gasteiger partial charge is 0.326 e. The van der Waals surface area contributed by atoms with E-state index in [9.17, 15) is 4.79 Å². The summed E-state index contributed by atoms with van der Waals surface area (Å²) in [5.41, 5.74) is -0.268. The summed E-state index contributed by atoms with van der Waals surface area (Å²) in [6.07, 6.45) is 0.319. The van der Waals surface area contributed by atoms with Crippen molar-refractivity contribution >= 4 is 17.6 Å². The summed E-state index contributed by atoms with van der Waals surface area (Å²) in [5.74, 6) is -0.488. The Morgan fingerprint density at radius 3 is 2.53 bits per heavy atom. The van der Waals surface area contributed by atoms with Crippen LogP contribution in [0.15, 0.2) is 24.3 Å². The van der Waals surface area contributed by atoms with Crippen molar-refractivity contribution < 1.29 is 9.53 Å². The fourth-order valence-electron chi connectivity index (χ4n) is 1.46. The van der Waals surface area contributed by atoms with Crippen LogP contribution in [0.4, 0.5) is 0 Å². The molecule has 1 rings (SSSR count). The van der Waals surface area contributed by atoms with Gasteiger partial charge in [0.2, 0.25) is 0 Å². The van der Waals surface area contributed by atoms with Gasteiger partial charge in [-0.15, -0.1) is 0 Å². The van der Waals surface area contributed by atoms with Crippen LogP contribution in [0.2, 0.25) is 5.02 Å². The minimum Gasteiger partial charge on any atom is -0.465 e. The molecule has 0 fully saturated rings. The van der Waals surface area contributed by atoms with Crippen molar-refractivity contribution in [2.75, 3.05) is 6.61 Å². The number of nitrogens with zero attached hydrogens (tertiary/aromatic N) is 1. The van der Waals surface area contributed by atoms with Gasteiger partial charge in [-0.05, 0) is 31.5 Å². The van der Waals surface area contributed by atoms with Crippen LogP contribution in [0.5, 0.6) is 0 Å². The van der Waals surface area contributed by atoms with Crippen molar-refractivity contribution in [3.05, 3.63) is 34.9 Å². The van der Waals surface area contributed by atoms with Gasteiger partial charge in [0.05, 0.1) is 12.7 Å². The average molecular weight is 252 g/mol. The zero-order valence-corrected chi connectivity index (χ0v) is 10.6. The first-order chi connectivity index (χ1) is 8.01. The average Bonchev–Trinajstić information content (AvgIpc) is 2.32. The van der Waals surface area contributed by atoms with Crippen molar-refractivity contribution in [2.24, 2.45) is 5.41 Å². The van der Waals surface area contributed by atoms with Gasteiger partial charge in [0.25, 0.3) is 0 Å². The number of hydrogen-bond donors (Lipinski definition) is 0. The van der Waals surface area contributed by atoms with Crippen molar-refractivity contribution in [3.63, 3.8) is 0 Å². The van der Waals surface area contributed by atoms with Gasteiger partial charge in [0.1, 0.15) is 0 Å². The molecule has 0 aliphatic heterocycles. The van der Waals surface area contributed by atoms with E-state index in [-0.39, 0.29) is 6.61 Å². The van der Waals surface area contributed by atoms with E-state index in [1.54, 1.807) is 38.1 Å². The zero-order valence-electron chi connectivity index (χ0n) is 9.87. The van der Waals surface area contributed by atoms with Crippen molar-refractivity contribution in [1.29, 1.82) is 5.26 Å². The predicted molar refractivity (Wildman–Crippen MR) is 65.5 cm³/mol. The van der Waals surface area contributed by atoms with Crippen LogP contribution in [0.25, 0.3) is 0 Å². The molecule has 0 saturated carbocycles. The highest BCUT2D eigenvalue weighted by Gasteiger charge is 2.35. The normalized spacial score (nSPS) is 13.5. The van der Waals surface area contributed by atoms with Gasteiger partial charge in [0.15, 0.2) is 5.41 Å². The Balaban J connectivity index is 2.86. The lowest BCUT2D eigenvalue weighted by molar-refractivity contribution is -0.151. The van der Waals surface area contributed by atoms with E-state index >= 15 is 0 Å². The highest BCUT2D eigenvalue weighted by Crippen LogP contribution is 2.24. The number of benzene rings is 1. The van der Waals surface area contributed by atoms with E-state index in [1.165, 1.54) is 0 Å². The van der Waals surface area contributed by atoms with Crippen LogP contribution in [0, 0.1) is 16.7 Å². The number of carbonyl (C=O) groups excluding carboxylic acids is 1. The number of nitriles is 1. The minimum atomic E-state index is -1.15. The van der Waals surface area contributed by atoms with Gasteiger partial charge >= 0.3 is 5.97 Å². The van der Waals surface area contributed by atoms with E-state index in [1.807, 2.05) is 6.07 Å². The molecule has 4 heteroatoms. The Bertz CT molecular complexity index is 436. The topological polar surface area (TPSA) is 50.1 Å². The van der Waals surface area contributed by atoms with E-state index < -0.39 is 11.4 Å². The molecule has 0 N–H and O–H groups in total. The first kappa shape index (κ1) is 13.5. The summed E-state index contributed by atoms with van der Waals surface area (Å²) in [5, 5.41) is 9.75. The maximum Gasteiger partial charge on any atom is 0.326 e. The number of esters is 1. The fraction of sp³-hybridized carbons (Fsp3) is 0.385. The summed E-state index contributed by atoms with van der Waals surface area (Å²) >= 11 is 5.77. The molecule has 0 heterocycles. The minimum absolute atomic E-state index is 0.275. The number of hydrogen-bond acceptors (Lipinski definition) is 3. The molecule has 17 heavy (non-hydrogen) atoms. The Labute approximate surface area is 106 Å². The Hall–Kier alpha value is -1.53. The standard InChI is InChI=1S/C13H14ClNO2/c1-3-17-12(16)13(2,9-15)8-10-4-6-11(14)7-5-10/h4-7H,3,8H2,1-2H3. The molecule has 0 aromatic heterocycles. The van der Waals surface area contributed by atoms with Crippen molar-refractivity contribution in [1.82, 2.24) is 0 Å². The second-order valence-corrected chi connectivity index (χ2v) is 4.40. The summed E-state index contributed by atoms with van der Waals surface area (Å²) in [7, 11) is 0. The van der Waals surface area contributed by atoms with E-state index in [4.69, 9.17) is 21.6 Å². The lowest BCUT2D eigenvalue weighted by Crippen LogP contribution is -2.30. The van der Waals surface area contributed by atoms with Crippen LogP contribution >= 0.6 is 11.6 Å². The molecule has 0 bridgehead atoms. The number of halogens is 1. The Morgan fingerprint density at radius 2 is 2.06 bits per heavy atom. The van der Waals surface area contributed by atoms with Crippen LogP contribution < -0.4 is 0 Å². The maximum absolute atomic E-state index is 11.7. The third-order valence-electron chi connectivity index (χ3n) is 2.44. The van der Waals surface area contributed by atoms with Gasteiger partial charge in [0, 0.05) is 11.4 Å². The SMILES string of the molecule is CCOC(=O)C(C)(C#N)Cc1ccc(Cl)cc1. The first-order valence-corrected chi connectivity index (χ1v) is 5.72. The number of ether oxygens (including phenoxy) is 1. The van der Waals surface area contributed by atoms with Gasteiger partial charge in [-0.3, -0.25) is 4.79 Å². The lowest BCUT2D eigenvalue weighted by Gasteiger charge is -2.19. The molecule has 1 aromatic carbocycles. The van der Waals surface area contributed by atoms with Crippen LogP contribution in [-0.4, -0.2) is 12.6 Å². The van der Waals surface area contributed by atoms with Crippen LogP contribution in [-0.2, 0) is 16.0 Å². The van der Waals surface area contributed by atoms with E-state index in [2.05, 4.69) is 0 Å². The number of rotatable bonds is 4. The summed E-state index contributed by atoms with van der Waals surface area (Å²) in [6.45, 7) is 3.58. The highest BCUT2D eigenvalue weighted by atomic mass is 35.5. The van der Waals surface area contributed by atoms with Crippen LogP contribution in [0.3, 0.4) is 0 Å². The molecule has 1 unspecified atom stereocenters. The molecule has 1 atom stereocenters. The molecule has 1 aromatic rings. The molecule has 0 spiro atoms. The second-order valence-electron chi connectivity index (χ2n) is 3.97. The molecular weight excluding hydrogens is 238 g/mol. The largest absolute Gasteiger partial charge is 0.465 e. The molecule has 0 aliphatic carbocycles. The molecule has 0 saturated heterocycles. The first-order valence-electron chi connectivity index (χ1n) is 5.35. The van der Waals surface area contributed by atoms with Gasteiger partial charge < -0.3 is 4.74 Å². The zero-order chi connectivity index (χ0) is 12.9. The molecular formula is C13H14ClNO2. The predicted octanol–water partition coefficient (Wildman–Crippen LogP) is 2.98. The molecule has 0 aliphatic rings. The summed E-state index contributed by atoms with van der Waals surface area (Å²) in [6, 6.07) is 9.10. The van der Waals surface area contributed by atoms with Gasteiger partial charge in [-0.2, -0.15) is 5.26 Å². The number of carbonyl (C=O) groups is 1. The molecule has 0 amide bonds. The van der Waals surface area contributed by atoms with Crippen LogP contribution in [0.1, 0.15) is 19.4 Å². The second kappa shape index (κ2) is 5.70. The molecule has 90 valence electrons. The lowest BCUT2D eigenvalue weighted by atomic mass is 9.85. The van der Waals surface area contributed by atoms with E-state index in [0.29, 0.717) is 11.4 Å². The third kappa shape index (κ3) is 3.47. The summed E-state index contributed by atoms with van der Waals surface area (Å²) < 4.78 is 4.91. The van der Waals surface area contributed by atoms with Gasteiger partial charge in [-0.1, -0.05) is 23.7 Å². The molecule has 3 nitrogen and oxygen atoms in total. The summed E-state index contributed by atoms with van der Waals surface area (Å²) in [4.78, 5) is 11.7. The van der Waals surface area contributed by atoms with Crippen molar-refractivity contribution in [3.8, 4) is 6.07 Å². The van der Waals surface area contributed by atoms with Crippen molar-refractivity contribution in [2.45, 2.75) is 20.3 Å². The monoisotopic (exact) mass is 251 g/mol. The quantitative estimate of drug-likeness (QED) is 0.773.